The molecule has 0 aliphatic carbocycles. The van der Waals surface area contributed by atoms with E-state index in [0.717, 1.165) is 14.9 Å². The van der Waals surface area contributed by atoms with E-state index in [1.54, 1.807) is 12.1 Å². The molecule has 3 aromatic heterocycles. The maximum absolute atomic E-state index is 13.2. The summed E-state index contributed by atoms with van der Waals surface area (Å²) in [6.45, 7) is -1.17. The molecule has 0 amide bonds. The summed E-state index contributed by atoms with van der Waals surface area (Å²) >= 11 is 1.45. The van der Waals surface area contributed by atoms with E-state index in [9.17, 15) is 14.0 Å². The molecule has 3 aromatic rings. The van der Waals surface area contributed by atoms with Gasteiger partial charge in [0.1, 0.15) is 18.7 Å². The maximum Gasteiger partial charge on any atom is 0.327 e. The number of alkyl halides is 1. The van der Waals surface area contributed by atoms with E-state index in [4.69, 9.17) is 0 Å². The summed E-state index contributed by atoms with van der Waals surface area (Å²) in [6, 6.07) is 3.48. The summed E-state index contributed by atoms with van der Waals surface area (Å²) in [5.41, 5.74) is 0.599. The molecule has 0 bridgehead atoms. The highest BCUT2D eigenvalue weighted by Gasteiger charge is 2.16. The van der Waals surface area contributed by atoms with Gasteiger partial charge in [-0.2, -0.15) is 5.10 Å². The Labute approximate surface area is 116 Å². The first-order valence-corrected chi connectivity index (χ1v) is 6.65. The van der Waals surface area contributed by atoms with Gasteiger partial charge < -0.3 is 4.74 Å². The van der Waals surface area contributed by atoms with E-state index in [1.807, 2.05) is 5.38 Å². The van der Waals surface area contributed by atoms with Crippen LogP contribution in [0.15, 0.2) is 22.3 Å². The minimum absolute atomic E-state index is 0.0805. The van der Waals surface area contributed by atoms with E-state index < -0.39 is 18.2 Å². The third-order valence-corrected chi connectivity index (χ3v) is 3.85. The van der Waals surface area contributed by atoms with Crippen LogP contribution in [0.5, 0.6) is 0 Å². The minimum atomic E-state index is -0.836. The van der Waals surface area contributed by atoms with Crippen LogP contribution in [-0.2, 0) is 22.8 Å². The van der Waals surface area contributed by atoms with Gasteiger partial charge in [-0.3, -0.25) is 14.0 Å². The molecule has 104 valence electrons. The first-order valence-electron chi connectivity index (χ1n) is 5.77. The lowest BCUT2D eigenvalue weighted by atomic mass is 10.5. The number of thiophene rings is 1. The number of fused-ring (bicyclic) bond motifs is 3. The van der Waals surface area contributed by atoms with Crippen molar-refractivity contribution in [2.24, 2.45) is 0 Å². The molecular weight excluding hydrogens is 285 g/mol. The number of ether oxygens (including phenoxy) is 1. The zero-order valence-electron chi connectivity index (χ0n) is 10.5. The SMILES string of the molecule is COC(=O)Cn1nc(CF)n2c(cc3sccc32)c1=O. The molecule has 0 saturated carbocycles. The highest BCUT2D eigenvalue weighted by Crippen LogP contribution is 2.24. The zero-order valence-corrected chi connectivity index (χ0v) is 11.3. The van der Waals surface area contributed by atoms with Crippen molar-refractivity contribution in [3.05, 3.63) is 33.7 Å². The normalized spacial score (nSPS) is 11.3. The Morgan fingerprint density at radius 3 is 3.00 bits per heavy atom. The van der Waals surface area contributed by atoms with Crippen molar-refractivity contribution >= 4 is 33.0 Å². The first kappa shape index (κ1) is 12.8. The van der Waals surface area contributed by atoms with Gasteiger partial charge in [-0.25, -0.2) is 9.07 Å². The Balaban J connectivity index is 2.32. The van der Waals surface area contributed by atoms with Crippen molar-refractivity contribution in [2.45, 2.75) is 13.2 Å². The molecule has 8 heteroatoms. The second-order valence-electron chi connectivity index (χ2n) is 4.12. The van der Waals surface area contributed by atoms with E-state index in [-0.39, 0.29) is 12.4 Å². The number of aromatic nitrogens is 3. The molecule has 0 fully saturated rings. The van der Waals surface area contributed by atoms with Crippen LogP contribution in [0.4, 0.5) is 4.39 Å². The fourth-order valence-corrected chi connectivity index (χ4v) is 2.91. The number of methoxy groups -OCH3 is 1. The van der Waals surface area contributed by atoms with Gasteiger partial charge in [0.2, 0.25) is 0 Å². The highest BCUT2D eigenvalue weighted by molar-refractivity contribution is 7.17. The lowest BCUT2D eigenvalue weighted by molar-refractivity contribution is -0.141. The van der Waals surface area contributed by atoms with Crippen LogP contribution in [0.25, 0.3) is 15.7 Å². The summed E-state index contributed by atoms with van der Waals surface area (Å²) in [7, 11) is 1.22. The average Bonchev–Trinajstić information content (AvgIpc) is 3.02. The molecule has 0 unspecified atom stereocenters. The summed E-state index contributed by atoms with van der Waals surface area (Å²) in [5.74, 6) is -0.529. The molecule has 20 heavy (non-hydrogen) atoms. The predicted molar refractivity (Wildman–Crippen MR) is 71.7 cm³/mol. The van der Waals surface area contributed by atoms with Crippen molar-refractivity contribution in [3.63, 3.8) is 0 Å². The number of hydrogen-bond donors (Lipinski definition) is 0. The number of halogens is 1. The van der Waals surface area contributed by atoms with Crippen LogP contribution in [0, 0.1) is 0 Å². The van der Waals surface area contributed by atoms with Crippen molar-refractivity contribution in [3.8, 4) is 0 Å². The Morgan fingerprint density at radius 1 is 1.50 bits per heavy atom. The third-order valence-electron chi connectivity index (χ3n) is 3.00. The second-order valence-corrected chi connectivity index (χ2v) is 5.07. The number of carbonyl (C=O) groups excluding carboxylic acids is 1. The molecule has 0 atom stereocenters. The van der Waals surface area contributed by atoms with Gasteiger partial charge in [0.25, 0.3) is 5.56 Å². The van der Waals surface area contributed by atoms with Crippen LogP contribution in [0.1, 0.15) is 5.82 Å². The summed E-state index contributed by atoms with van der Waals surface area (Å²) < 4.78 is 21.0. The zero-order chi connectivity index (χ0) is 14.3. The van der Waals surface area contributed by atoms with Gasteiger partial charge in [0, 0.05) is 0 Å². The molecule has 0 saturated heterocycles. The molecule has 3 rings (SSSR count). The van der Waals surface area contributed by atoms with Gasteiger partial charge >= 0.3 is 5.97 Å². The molecule has 0 spiro atoms. The average molecular weight is 295 g/mol. The van der Waals surface area contributed by atoms with E-state index >= 15 is 0 Å². The van der Waals surface area contributed by atoms with Gasteiger partial charge in [-0.05, 0) is 17.5 Å². The van der Waals surface area contributed by atoms with Crippen molar-refractivity contribution < 1.29 is 13.9 Å². The van der Waals surface area contributed by atoms with E-state index in [0.29, 0.717) is 5.52 Å². The van der Waals surface area contributed by atoms with Crippen molar-refractivity contribution in [1.82, 2.24) is 14.2 Å². The second kappa shape index (κ2) is 4.71. The molecular formula is C12H10FN3O3S. The number of hydrogen-bond acceptors (Lipinski definition) is 5. The molecule has 0 N–H and O–H groups in total. The first-order chi connectivity index (χ1) is 9.65. The van der Waals surface area contributed by atoms with E-state index in [1.165, 1.54) is 22.8 Å². The molecule has 0 aliphatic heterocycles. The van der Waals surface area contributed by atoms with Gasteiger partial charge in [0.05, 0.1) is 17.3 Å². The largest absolute Gasteiger partial charge is 0.468 e. The number of esters is 1. The fourth-order valence-electron chi connectivity index (χ4n) is 2.10. The summed E-state index contributed by atoms with van der Waals surface area (Å²) in [5, 5.41) is 5.76. The van der Waals surface area contributed by atoms with Gasteiger partial charge in [-0.15, -0.1) is 11.3 Å². The molecule has 0 aliphatic rings. The Bertz CT molecular complexity index is 864. The van der Waals surface area contributed by atoms with Crippen LogP contribution in [0.2, 0.25) is 0 Å². The van der Waals surface area contributed by atoms with Crippen molar-refractivity contribution in [2.75, 3.05) is 7.11 Å². The lowest BCUT2D eigenvalue weighted by Crippen LogP contribution is -2.30. The Hall–Kier alpha value is -2.22. The minimum Gasteiger partial charge on any atom is -0.468 e. The molecule has 6 nitrogen and oxygen atoms in total. The Morgan fingerprint density at radius 2 is 2.30 bits per heavy atom. The summed E-state index contributed by atoms with van der Waals surface area (Å²) in [4.78, 5) is 23.5. The summed E-state index contributed by atoms with van der Waals surface area (Å²) in [6.07, 6.45) is 0. The monoisotopic (exact) mass is 295 g/mol. The lowest BCUT2D eigenvalue weighted by Gasteiger charge is -2.07. The number of rotatable bonds is 3. The van der Waals surface area contributed by atoms with Crippen LogP contribution < -0.4 is 5.56 Å². The maximum atomic E-state index is 13.2. The Kier molecular flexibility index (Phi) is 3.01. The standard InChI is InChI=1S/C12H10FN3O3S/c1-19-11(17)6-15-12(18)8-4-9-7(2-3-20-9)16(8)10(5-13)14-15/h2-4H,5-6H2,1H3. The molecule has 0 radical (unpaired) electrons. The predicted octanol–water partition coefficient (Wildman–Crippen LogP) is 1.35. The van der Waals surface area contributed by atoms with Crippen LogP contribution in [0.3, 0.4) is 0 Å². The smallest absolute Gasteiger partial charge is 0.327 e. The van der Waals surface area contributed by atoms with E-state index in [2.05, 4.69) is 9.84 Å². The van der Waals surface area contributed by atoms with Gasteiger partial charge in [0.15, 0.2) is 5.82 Å². The highest BCUT2D eigenvalue weighted by atomic mass is 32.1. The fraction of sp³-hybridized carbons (Fsp3) is 0.250. The number of carbonyl (C=O) groups is 1. The topological polar surface area (TPSA) is 65.6 Å². The van der Waals surface area contributed by atoms with Gasteiger partial charge in [-0.1, -0.05) is 0 Å². The molecule has 0 aromatic carbocycles. The van der Waals surface area contributed by atoms with Crippen LogP contribution >= 0.6 is 11.3 Å². The third kappa shape index (κ3) is 1.80. The quantitative estimate of drug-likeness (QED) is 0.684. The van der Waals surface area contributed by atoms with Crippen LogP contribution in [-0.4, -0.2) is 27.3 Å². The molecule has 3 heterocycles. The van der Waals surface area contributed by atoms with Crippen molar-refractivity contribution in [1.29, 1.82) is 0 Å². The number of nitrogens with zero attached hydrogens (tertiary/aromatic N) is 3.